The summed E-state index contributed by atoms with van der Waals surface area (Å²) in [6.07, 6.45) is 4.86. The van der Waals surface area contributed by atoms with Gasteiger partial charge >= 0.3 is 5.97 Å². The highest BCUT2D eigenvalue weighted by Gasteiger charge is 2.24. The summed E-state index contributed by atoms with van der Waals surface area (Å²) >= 11 is 0. The zero-order valence-electron chi connectivity index (χ0n) is 7.33. The van der Waals surface area contributed by atoms with Crippen molar-refractivity contribution in [2.45, 2.75) is 32.1 Å². The summed E-state index contributed by atoms with van der Waals surface area (Å²) < 4.78 is 0. The molecule has 0 aromatic rings. The summed E-state index contributed by atoms with van der Waals surface area (Å²) in [4.78, 5) is 10.6. The number of hydrogen-bond acceptors (Lipinski definition) is 2. The molecule has 3 nitrogen and oxygen atoms in total. The zero-order valence-corrected chi connectivity index (χ0v) is 7.33. The Morgan fingerprint density at radius 1 is 1.33 bits per heavy atom. The van der Waals surface area contributed by atoms with Gasteiger partial charge in [0.1, 0.15) is 0 Å². The van der Waals surface area contributed by atoms with Crippen molar-refractivity contribution in [2.24, 2.45) is 17.6 Å². The number of carboxylic acid groups (broad SMARTS) is 1. The van der Waals surface area contributed by atoms with E-state index in [9.17, 15) is 4.79 Å². The second-order valence-electron chi connectivity index (χ2n) is 3.63. The summed E-state index contributed by atoms with van der Waals surface area (Å²) in [6, 6.07) is 0. The van der Waals surface area contributed by atoms with Gasteiger partial charge in [-0.25, -0.2) is 0 Å². The molecule has 1 fully saturated rings. The van der Waals surface area contributed by atoms with Crippen LogP contribution in [0.5, 0.6) is 0 Å². The van der Waals surface area contributed by atoms with Crippen LogP contribution >= 0.6 is 0 Å². The number of carboxylic acids is 1. The largest absolute Gasteiger partial charge is 0.481 e. The Bertz CT molecular complexity index is 151. The molecule has 0 bridgehead atoms. The fourth-order valence-electron chi connectivity index (χ4n) is 1.93. The van der Waals surface area contributed by atoms with Crippen LogP contribution in [0.15, 0.2) is 0 Å². The van der Waals surface area contributed by atoms with Crippen LogP contribution in [0.2, 0.25) is 0 Å². The second kappa shape index (κ2) is 4.45. The van der Waals surface area contributed by atoms with E-state index >= 15 is 0 Å². The van der Waals surface area contributed by atoms with Gasteiger partial charge in [-0.05, 0) is 44.6 Å². The maximum Gasteiger partial charge on any atom is 0.306 e. The molecule has 12 heavy (non-hydrogen) atoms. The third-order valence-corrected chi connectivity index (χ3v) is 2.77. The highest BCUT2D eigenvalue weighted by Crippen LogP contribution is 2.30. The van der Waals surface area contributed by atoms with E-state index in [0.717, 1.165) is 38.6 Å². The predicted molar refractivity (Wildman–Crippen MR) is 46.8 cm³/mol. The van der Waals surface area contributed by atoms with Gasteiger partial charge in [0.25, 0.3) is 0 Å². The smallest absolute Gasteiger partial charge is 0.306 e. The summed E-state index contributed by atoms with van der Waals surface area (Å²) in [6.45, 7) is 0.738. The Morgan fingerprint density at radius 3 is 2.33 bits per heavy atom. The normalized spacial score (nSPS) is 30.1. The highest BCUT2D eigenvalue weighted by atomic mass is 16.4. The molecular weight excluding hydrogens is 154 g/mol. The van der Waals surface area contributed by atoms with Crippen molar-refractivity contribution in [1.29, 1.82) is 0 Å². The lowest BCUT2D eigenvalue weighted by Gasteiger charge is -2.25. The van der Waals surface area contributed by atoms with Crippen LogP contribution in [-0.2, 0) is 4.79 Å². The van der Waals surface area contributed by atoms with Crippen molar-refractivity contribution in [1.82, 2.24) is 0 Å². The third-order valence-electron chi connectivity index (χ3n) is 2.77. The first-order chi connectivity index (χ1) is 5.74. The maximum absolute atomic E-state index is 10.6. The summed E-state index contributed by atoms with van der Waals surface area (Å²) in [7, 11) is 0. The number of rotatable bonds is 3. The molecule has 0 spiro atoms. The van der Waals surface area contributed by atoms with Gasteiger partial charge in [-0.15, -0.1) is 0 Å². The first-order valence-corrected chi connectivity index (χ1v) is 4.67. The van der Waals surface area contributed by atoms with E-state index in [-0.39, 0.29) is 5.92 Å². The van der Waals surface area contributed by atoms with Crippen molar-refractivity contribution < 1.29 is 9.90 Å². The molecule has 0 aromatic carbocycles. The van der Waals surface area contributed by atoms with Crippen LogP contribution in [0.1, 0.15) is 32.1 Å². The number of aliphatic carboxylic acids is 1. The monoisotopic (exact) mass is 171 g/mol. The SMILES string of the molecule is NCC[C@H]1CC[C@H](C(=O)O)CC1. The van der Waals surface area contributed by atoms with E-state index in [2.05, 4.69) is 0 Å². The molecule has 0 radical (unpaired) electrons. The van der Waals surface area contributed by atoms with Gasteiger partial charge in [0.2, 0.25) is 0 Å². The summed E-state index contributed by atoms with van der Waals surface area (Å²) in [5.74, 6) is -0.0224. The lowest BCUT2D eigenvalue weighted by molar-refractivity contribution is -0.143. The van der Waals surface area contributed by atoms with E-state index in [1.807, 2.05) is 0 Å². The molecule has 0 amide bonds. The van der Waals surface area contributed by atoms with Crippen molar-refractivity contribution in [3.8, 4) is 0 Å². The quantitative estimate of drug-likeness (QED) is 0.671. The zero-order chi connectivity index (χ0) is 8.97. The average molecular weight is 171 g/mol. The molecule has 1 saturated carbocycles. The minimum atomic E-state index is -0.624. The Morgan fingerprint density at radius 2 is 1.92 bits per heavy atom. The van der Waals surface area contributed by atoms with Gasteiger partial charge in [-0.3, -0.25) is 4.79 Å². The van der Waals surface area contributed by atoms with Gasteiger partial charge < -0.3 is 10.8 Å². The first kappa shape index (κ1) is 9.52. The van der Waals surface area contributed by atoms with Crippen LogP contribution in [0.4, 0.5) is 0 Å². The van der Waals surface area contributed by atoms with E-state index < -0.39 is 5.97 Å². The molecule has 3 heteroatoms. The van der Waals surface area contributed by atoms with Crippen molar-refractivity contribution in [3.63, 3.8) is 0 Å². The molecule has 0 aromatic heterocycles. The Balaban J connectivity index is 2.25. The molecule has 0 heterocycles. The Hall–Kier alpha value is -0.570. The van der Waals surface area contributed by atoms with Crippen molar-refractivity contribution in [2.75, 3.05) is 6.54 Å². The number of hydrogen-bond donors (Lipinski definition) is 2. The molecule has 3 N–H and O–H groups in total. The van der Waals surface area contributed by atoms with Crippen LogP contribution in [0.3, 0.4) is 0 Å². The standard InChI is InChI=1S/C9H17NO2/c10-6-5-7-1-3-8(4-2-7)9(11)12/h7-8H,1-6,10H2,(H,11,12)/t7-,8-. The van der Waals surface area contributed by atoms with E-state index in [4.69, 9.17) is 10.8 Å². The first-order valence-electron chi connectivity index (χ1n) is 4.67. The average Bonchev–Trinajstić information content (AvgIpc) is 2.06. The van der Waals surface area contributed by atoms with E-state index in [1.54, 1.807) is 0 Å². The lowest BCUT2D eigenvalue weighted by atomic mass is 9.81. The topological polar surface area (TPSA) is 63.3 Å². The maximum atomic E-state index is 10.6. The minimum absolute atomic E-state index is 0.0842. The van der Waals surface area contributed by atoms with E-state index in [0.29, 0.717) is 5.92 Å². The Kier molecular flexibility index (Phi) is 3.53. The summed E-state index contributed by atoms with van der Waals surface area (Å²) in [5.41, 5.74) is 5.44. The molecule has 0 unspecified atom stereocenters. The molecule has 0 atom stereocenters. The summed E-state index contributed by atoms with van der Waals surface area (Å²) in [5, 5.41) is 8.73. The van der Waals surface area contributed by atoms with Crippen molar-refractivity contribution in [3.05, 3.63) is 0 Å². The van der Waals surface area contributed by atoms with Gasteiger partial charge in [0.15, 0.2) is 0 Å². The van der Waals surface area contributed by atoms with Gasteiger partial charge in [-0.2, -0.15) is 0 Å². The van der Waals surface area contributed by atoms with Gasteiger partial charge in [-0.1, -0.05) is 0 Å². The molecule has 1 aliphatic rings. The van der Waals surface area contributed by atoms with Gasteiger partial charge in [0.05, 0.1) is 5.92 Å². The highest BCUT2D eigenvalue weighted by molar-refractivity contribution is 5.69. The lowest BCUT2D eigenvalue weighted by Crippen LogP contribution is -2.22. The second-order valence-corrected chi connectivity index (χ2v) is 3.63. The number of carbonyl (C=O) groups is 1. The van der Waals surface area contributed by atoms with Crippen molar-refractivity contribution >= 4 is 5.97 Å². The minimum Gasteiger partial charge on any atom is -0.481 e. The molecule has 1 aliphatic carbocycles. The predicted octanol–water partition coefficient (Wildman–Crippen LogP) is 1.23. The fourth-order valence-corrected chi connectivity index (χ4v) is 1.93. The van der Waals surface area contributed by atoms with Crippen LogP contribution in [0.25, 0.3) is 0 Å². The third kappa shape index (κ3) is 2.48. The number of nitrogens with two attached hydrogens (primary N) is 1. The van der Waals surface area contributed by atoms with E-state index in [1.165, 1.54) is 0 Å². The van der Waals surface area contributed by atoms with Gasteiger partial charge in [0, 0.05) is 0 Å². The molecule has 0 saturated heterocycles. The Labute approximate surface area is 72.9 Å². The van der Waals surface area contributed by atoms with Crippen LogP contribution < -0.4 is 5.73 Å². The fraction of sp³-hybridized carbons (Fsp3) is 0.889. The molecule has 70 valence electrons. The molecule has 1 rings (SSSR count). The molecule has 0 aliphatic heterocycles. The van der Waals surface area contributed by atoms with Crippen LogP contribution in [-0.4, -0.2) is 17.6 Å². The van der Waals surface area contributed by atoms with Crippen LogP contribution in [0, 0.1) is 11.8 Å². The molecular formula is C9H17NO2.